The summed E-state index contributed by atoms with van der Waals surface area (Å²) in [6.07, 6.45) is 3.01. The summed E-state index contributed by atoms with van der Waals surface area (Å²) >= 11 is 0. The van der Waals surface area contributed by atoms with E-state index in [2.05, 4.69) is 11.1 Å². The van der Waals surface area contributed by atoms with Crippen molar-refractivity contribution >= 4 is 11.6 Å². The van der Waals surface area contributed by atoms with Crippen LogP contribution in [0.15, 0.2) is 47.3 Å². The number of carbonyl (C=O) groups excluding carboxylic acids is 1. The van der Waals surface area contributed by atoms with Crippen LogP contribution >= 0.6 is 0 Å². The van der Waals surface area contributed by atoms with Crippen LogP contribution in [-0.4, -0.2) is 10.8 Å². The first-order valence-corrected chi connectivity index (χ1v) is 6.62. The maximum absolute atomic E-state index is 12.8. The third kappa shape index (κ3) is 1.46. The molecule has 0 unspecified atom stereocenters. The molecule has 0 amide bonds. The Labute approximate surface area is 125 Å². The van der Waals surface area contributed by atoms with E-state index in [1.807, 2.05) is 12.1 Å². The van der Waals surface area contributed by atoms with Gasteiger partial charge < -0.3 is 10.2 Å². The van der Waals surface area contributed by atoms with Crippen molar-refractivity contribution in [3.63, 3.8) is 0 Å². The zero-order valence-electron chi connectivity index (χ0n) is 11.3. The number of nitriles is 1. The van der Waals surface area contributed by atoms with Crippen LogP contribution in [0.4, 0.5) is 5.82 Å². The molecule has 0 fully saturated rings. The number of rotatable bonds is 1. The number of benzene rings is 1. The van der Waals surface area contributed by atoms with E-state index in [1.165, 1.54) is 12.5 Å². The van der Waals surface area contributed by atoms with Crippen molar-refractivity contribution in [2.45, 2.75) is 0 Å². The fourth-order valence-corrected chi connectivity index (χ4v) is 2.85. The van der Waals surface area contributed by atoms with E-state index in [-0.39, 0.29) is 17.2 Å². The van der Waals surface area contributed by atoms with Gasteiger partial charge in [0.25, 0.3) is 0 Å². The van der Waals surface area contributed by atoms with Gasteiger partial charge >= 0.3 is 0 Å². The number of nitrogens with two attached hydrogens (primary N) is 1. The van der Waals surface area contributed by atoms with Gasteiger partial charge in [-0.25, -0.2) is 4.98 Å². The van der Waals surface area contributed by atoms with Crippen molar-refractivity contribution in [1.82, 2.24) is 4.98 Å². The van der Waals surface area contributed by atoms with Gasteiger partial charge in [0.2, 0.25) is 0 Å². The molecule has 22 heavy (non-hydrogen) atoms. The van der Waals surface area contributed by atoms with E-state index in [0.717, 1.165) is 5.56 Å². The van der Waals surface area contributed by atoms with Crippen LogP contribution in [0.1, 0.15) is 21.5 Å². The second kappa shape index (κ2) is 4.30. The molecule has 0 spiro atoms. The SMILES string of the molecule is N#Cc1c(N)nc(-c2ccoc2)c2c1-c1ccccc1C2=O. The standard InChI is InChI=1S/C17H9N3O2/c18-7-12-13-10-3-1-2-4-11(10)16(21)14(13)15(20-17(12)19)9-5-6-22-8-9/h1-6,8H,(H2,19,20). The second-order valence-electron chi connectivity index (χ2n) is 4.97. The fourth-order valence-electron chi connectivity index (χ4n) is 2.85. The van der Waals surface area contributed by atoms with Crippen molar-refractivity contribution in [2.24, 2.45) is 0 Å². The van der Waals surface area contributed by atoms with Gasteiger partial charge in [0.15, 0.2) is 5.78 Å². The van der Waals surface area contributed by atoms with Gasteiger partial charge in [-0.2, -0.15) is 5.26 Å². The highest BCUT2D eigenvalue weighted by molar-refractivity contribution is 6.25. The number of nitrogen functional groups attached to an aromatic ring is 1. The number of furan rings is 1. The molecule has 5 heteroatoms. The monoisotopic (exact) mass is 287 g/mol. The van der Waals surface area contributed by atoms with Gasteiger partial charge in [-0.05, 0) is 11.6 Å². The molecule has 0 saturated heterocycles. The van der Waals surface area contributed by atoms with Crippen LogP contribution in [0, 0.1) is 11.3 Å². The molecule has 1 aromatic carbocycles. The number of carbonyl (C=O) groups is 1. The maximum Gasteiger partial charge on any atom is 0.196 e. The number of anilines is 1. The van der Waals surface area contributed by atoms with Gasteiger partial charge in [0, 0.05) is 16.7 Å². The lowest BCUT2D eigenvalue weighted by Crippen LogP contribution is -2.05. The molecule has 0 saturated carbocycles. The van der Waals surface area contributed by atoms with E-state index < -0.39 is 0 Å². The molecule has 1 aliphatic carbocycles. The number of hydrogen-bond acceptors (Lipinski definition) is 5. The summed E-state index contributed by atoms with van der Waals surface area (Å²) in [5.74, 6) is -0.0345. The largest absolute Gasteiger partial charge is 0.472 e. The lowest BCUT2D eigenvalue weighted by atomic mass is 9.98. The summed E-state index contributed by atoms with van der Waals surface area (Å²) in [5, 5.41) is 9.42. The summed E-state index contributed by atoms with van der Waals surface area (Å²) in [6.45, 7) is 0. The quantitative estimate of drug-likeness (QED) is 0.581. The molecule has 1 aliphatic rings. The summed E-state index contributed by atoms with van der Waals surface area (Å²) in [7, 11) is 0. The molecular weight excluding hydrogens is 278 g/mol. The molecule has 5 nitrogen and oxygen atoms in total. The first kappa shape index (κ1) is 12.4. The number of ketones is 1. The number of pyridine rings is 1. The van der Waals surface area contributed by atoms with Gasteiger partial charge in [0.1, 0.15) is 17.5 Å². The molecule has 0 aliphatic heterocycles. The van der Waals surface area contributed by atoms with E-state index in [4.69, 9.17) is 10.2 Å². The van der Waals surface area contributed by atoms with Crippen LogP contribution in [0.5, 0.6) is 0 Å². The predicted octanol–water partition coefficient (Wildman–Crippen LogP) is 3.01. The molecule has 2 N–H and O–H groups in total. The Morgan fingerprint density at radius 2 is 1.91 bits per heavy atom. The summed E-state index contributed by atoms with van der Waals surface area (Å²) in [6, 6.07) is 11.0. The highest BCUT2D eigenvalue weighted by Crippen LogP contribution is 2.44. The predicted molar refractivity (Wildman–Crippen MR) is 79.9 cm³/mol. The van der Waals surface area contributed by atoms with Crippen molar-refractivity contribution in [3.05, 3.63) is 59.5 Å². The van der Waals surface area contributed by atoms with Gasteiger partial charge in [-0.3, -0.25) is 4.79 Å². The number of fused-ring (bicyclic) bond motifs is 3. The maximum atomic E-state index is 12.8. The van der Waals surface area contributed by atoms with E-state index in [0.29, 0.717) is 27.9 Å². The molecule has 2 heterocycles. The number of nitrogens with zero attached hydrogens (tertiary/aromatic N) is 2. The van der Waals surface area contributed by atoms with Gasteiger partial charge in [-0.15, -0.1) is 0 Å². The Bertz CT molecular complexity index is 966. The van der Waals surface area contributed by atoms with E-state index >= 15 is 0 Å². The smallest absolute Gasteiger partial charge is 0.196 e. The summed E-state index contributed by atoms with van der Waals surface area (Å²) in [4.78, 5) is 17.0. The Morgan fingerprint density at radius 3 is 2.59 bits per heavy atom. The number of aromatic nitrogens is 1. The Morgan fingerprint density at radius 1 is 1.14 bits per heavy atom. The van der Waals surface area contributed by atoms with Crippen LogP contribution < -0.4 is 5.73 Å². The molecule has 4 rings (SSSR count). The highest BCUT2D eigenvalue weighted by atomic mass is 16.3. The lowest BCUT2D eigenvalue weighted by Gasteiger charge is -2.09. The minimum Gasteiger partial charge on any atom is -0.472 e. The molecule has 0 bridgehead atoms. The molecule has 104 valence electrons. The van der Waals surface area contributed by atoms with Crippen molar-refractivity contribution in [2.75, 3.05) is 5.73 Å². The summed E-state index contributed by atoms with van der Waals surface area (Å²) in [5.41, 5.74) is 9.54. The molecular formula is C17H9N3O2. The van der Waals surface area contributed by atoms with Crippen LogP contribution in [0.25, 0.3) is 22.4 Å². The Kier molecular flexibility index (Phi) is 2.42. The van der Waals surface area contributed by atoms with Crippen LogP contribution in [0.3, 0.4) is 0 Å². The lowest BCUT2D eigenvalue weighted by molar-refractivity contribution is 0.104. The normalized spacial score (nSPS) is 11.9. The number of hydrogen-bond donors (Lipinski definition) is 1. The summed E-state index contributed by atoms with van der Waals surface area (Å²) < 4.78 is 5.08. The molecule has 0 atom stereocenters. The van der Waals surface area contributed by atoms with Crippen molar-refractivity contribution in [3.8, 4) is 28.5 Å². The molecule has 0 radical (unpaired) electrons. The van der Waals surface area contributed by atoms with Crippen molar-refractivity contribution < 1.29 is 9.21 Å². The molecule has 3 aromatic rings. The molecule has 2 aromatic heterocycles. The van der Waals surface area contributed by atoms with Gasteiger partial charge in [-0.1, -0.05) is 24.3 Å². The zero-order chi connectivity index (χ0) is 15.3. The first-order chi connectivity index (χ1) is 10.7. The Balaban J connectivity index is 2.17. The van der Waals surface area contributed by atoms with E-state index in [9.17, 15) is 10.1 Å². The minimum absolute atomic E-state index is 0.113. The average molecular weight is 287 g/mol. The van der Waals surface area contributed by atoms with Crippen LogP contribution in [-0.2, 0) is 0 Å². The minimum atomic E-state index is -0.147. The van der Waals surface area contributed by atoms with Crippen molar-refractivity contribution in [1.29, 1.82) is 5.26 Å². The zero-order valence-corrected chi connectivity index (χ0v) is 11.3. The highest BCUT2D eigenvalue weighted by Gasteiger charge is 2.34. The average Bonchev–Trinajstić information content (AvgIpc) is 3.15. The first-order valence-electron chi connectivity index (χ1n) is 6.62. The third-order valence-corrected chi connectivity index (χ3v) is 3.80. The topological polar surface area (TPSA) is 92.9 Å². The van der Waals surface area contributed by atoms with Gasteiger partial charge in [0.05, 0.1) is 23.8 Å². The Hall–Kier alpha value is -3.39. The second-order valence-corrected chi connectivity index (χ2v) is 4.97. The third-order valence-electron chi connectivity index (χ3n) is 3.80. The fraction of sp³-hybridized carbons (Fsp3) is 0. The van der Waals surface area contributed by atoms with E-state index in [1.54, 1.807) is 18.2 Å². The van der Waals surface area contributed by atoms with Crippen LogP contribution in [0.2, 0.25) is 0 Å².